The van der Waals surface area contributed by atoms with Crippen LogP contribution in [0.2, 0.25) is 0 Å². The van der Waals surface area contributed by atoms with E-state index >= 15 is 0 Å². The van der Waals surface area contributed by atoms with Crippen LogP contribution in [-0.4, -0.2) is 22.3 Å². The van der Waals surface area contributed by atoms with Gasteiger partial charge in [-0.3, -0.25) is 4.72 Å². The van der Waals surface area contributed by atoms with E-state index in [1.54, 1.807) is 12.1 Å². The van der Waals surface area contributed by atoms with Crippen LogP contribution in [0.3, 0.4) is 0 Å². The topological polar surface area (TPSA) is 76.9 Å². The van der Waals surface area contributed by atoms with Crippen molar-refractivity contribution >= 4 is 37.6 Å². The SMILES string of the molecule is Cc1ccccc1-c1cn(C)c2cc(S(=O)(=O)Nc3ncns3)ccc12. The van der Waals surface area contributed by atoms with Crippen molar-refractivity contribution in [2.45, 2.75) is 11.8 Å². The molecule has 132 valence electrons. The van der Waals surface area contributed by atoms with E-state index in [-0.39, 0.29) is 10.0 Å². The first kappa shape index (κ1) is 16.7. The van der Waals surface area contributed by atoms with Gasteiger partial charge in [-0.2, -0.15) is 4.37 Å². The van der Waals surface area contributed by atoms with Gasteiger partial charge in [0.15, 0.2) is 0 Å². The zero-order valence-electron chi connectivity index (χ0n) is 14.2. The van der Waals surface area contributed by atoms with Crippen molar-refractivity contribution < 1.29 is 8.42 Å². The molecular weight excluding hydrogens is 368 g/mol. The highest BCUT2D eigenvalue weighted by Gasteiger charge is 2.18. The van der Waals surface area contributed by atoms with Crippen LogP contribution in [0.4, 0.5) is 5.13 Å². The maximum absolute atomic E-state index is 12.6. The fraction of sp³-hybridized carbons (Fsp3) is 0.111. The second kappa shape index (κ2) is 6.22. The van der Waals surface area contributed by atoms with E-state index in [1.165, 1.54) is 11.9 Å². The number of rotatable bonds is 4. The molecule has 4 rings (SSSR count). The molecule has 2 heterocycles. The zero-order chi connectivity index (χ0) is 18.3. The second-order valence-electron chi connectivity index (χ2n) is 6.00. The summed E-state index contributed by atoms with van der Waals surface area (Å²) < 4.78 is 33.4. The summed E-state index contributed by atoms with van der Waals surface area (Å²) in [5.74, 6) is 0. The van der Waals surface area contributed by atoms with Crippen LogP contribution < -0.4 is 4.72 Å². The van der Waals surface area contributed by atoms with E-state index in [0.717, 1.165) is 33.6 Å². The number of nitrogens with zero attached hydrogens (tertiary/aromatic N) is 3. The zero-order valence-corrected chi connectivity index (χ0v) is 15.8. The predicted octanol–water partition coefficient (Wildman–Crippen LogP) is 3.81. The summed E-state index contributed by atoms with van der Waals surface area (Å²) >= 11 is 0.998. The third-order valence-corrected chi connectivity index (χ3v) is 6.34. The number of sulfonamides is 1. The van der Waals surface area contributed by atoms with E-state index in [2.05, 4.69) is 33.1 Å². The van der Waals surface area contributed by atoms with Crippen LogP contribution in [0.25, 0.3) is 22.0 Å². The highest BCUT2D eigenvalue weighted by Crippen LogP contribution is 2.33. The molecule has 2 aromatic heterocycles. The van der Waals surface area contributed by atoms with E-state index in [9.17, 15) is 8.42 Å². The number of aryl methyl sites for hydroxylation is 2. The van der Waals surface area contributed by atoms with Gasteiger partial charge in [0.1, 0.15) is 6.33 Å². The Morgan fingerprint density at radius 2 is 1.92 bits per heavy atom. The van der Waals surface area contributed by atoms with E-state index in [0.29, 0.717) is 0 Å². The highest BCUT2D eigenvalue weighted by molar-refractivity contribution is 7.93. The molecule has 0 spiro atoms. The number of aromatic nitrogens is 3. The number of hydrogen-bond donors (Lipinski definition) is 1. The largest absolute Gasteiger partial charge is 0.350 e. The normalized spacial score (nSPS) is 11.8. The van der Waals surface area contributed by atoms with Crippen LogP contribution in [-0.2, 0) is 17.1 Å². The summed E-state index contributed by atoms with van der Waals surface area (Å²) in [6, 6.07) is 13.3. The predicted molar refractivity (Wildman–Crippen MR) is 104 cm³/mol. The minimum atomic E-state index is -3.71. The molecule has 2 aromatic carbocycles. The Hall–Kier alpha value is -2.71. The molecule has 0 bridgehead atoms. The third kappa shape index (κ3) is 2.87. The molecule has 0 atom stereocenters. The molecule has 4 aromatic rings. The van der Waals surface area contributed by atoms with Gasteiger partial charge in [-0.15, -0.1) is 0 Å². The van der Waals surface area contributed by atoms with E-state index < -0.39 is 10.0 Å². The first-order valence-electron chi connectivity index (χ1n) is 7.90. The lowest BCUT2D eigenvalue weighted by atomic mass is 10.0. The maximum Gasteiger partial charge on any atom is 0.263 e. The van der Waals surface area contributed by atoms with Crippen LogP contribution in [0.5, 0.6) is 0 Å². The number of fused-ring (bicyclic) bond motifs is 1. The summed E-state index contributed by atoms with van der Waals surface area (Å²) in [5.41, 5.74) is 4.25. The Morgan fingerprint density at radius 3 is 2.65 bits per heavy atom. The summed E-state index contributed by atoms with van der Waals surface area (Å²) in [5, 5.41) is 1.26. The van der Waals surface area contributed by atoms with Crippen molar-refractivity contribution in [3.8, 4) is 11.1 Å². The molecule has 26 heavy (non-hydrogen) atoms. The maximum atomic E-state index is 12.6. The molecule has 0 aliphatic rings. The smallest absolute Gasteiger partial charge is 0.263 e. The van der Waals surface area contributed by atoms with Crippen molar-refractivity contribution in [1.29, 1.82) is 0 Å². The van der Waals surface area contributed by atoms with Gasteiger partial charge in [0.25, 0.3) is 10.0 Å². The van der Waals surface area contributed by atoms with E-state index in [1.807, 2.05) is 36.0 Å². The fourth-order valence-corrected chi connectivity index (χ4v) is 4.69. The van der Waals surface area contributed by atoms with Gasteiger partial charge >= 0.3 is 0 Å². The Bertz CT molecular complexity index is 1200. The third-order valence-electron chi connectivity index (χ3n) is 4.29. The molecule has 1 N–H and O–H groups in total. The minimum absolute atomic E-state index is 0.192. The molecule has 0 aliphatic heterocycles. The highest BCUT2D eigenvalue weighted by atomic mass is 32.2. The average molecular weight is 384 g/mol. The van der Waals surface area contributed by atoms with Gasteiger partial charge in [0.05, 0.1) is 4.90 Å². The lowest BCUT2D eigenvalue weighted by Gasteiger charge is -2.07. The van der Waals surface area contributed by atoms with Crippen molar-refractivity contribution in [2.24, 2.45) is 7.05 Å². The Kier molecular flexibility index (Phi) is 4.01. The molecule has 0 unspecified atom stereocenters. The van der Waals surface area contributed by atoms with Crippen molar-refractivity contribution in [2.75, 3.05) is 4.72 Å². The van der Waals surface area contributed by atoms with Gasteiger partial charge < -0.3 is 4.57 Å². The molecule has 0 saturated carbocycles. The number of benzene rings is 2. The molecule has 0 radical (unpaired) electrons. The van der Waals surface area contributed by atoms with Crippen LogP contribution in [0, 0.1) is 6.92 Å². The fourth-order valence-electron chi connectivity index (χ4n) is 3.01. The second-order valence-corrected chi connectivity index (χ2v) is 8.46. The first-order chi connectivity index (χ1) is 12.5. The van der Waals surface area contributed by atoms with Gasteiger partial charge in [0.2, 0.25) is 5.13 Å². The van der Waals surface area contributed by atoms with Gasteiger partial charge in [-0.05, 0) is 30.2 Å². The molecule has 8 heteroatoms. The summed E-state index contributed by atoms with van der Waals surface area (Å²) in [4.78, 5) is 4.06. The molecule has 0 saturated heterocycles. The van der Waals surface area contributed by atoms with Crippen LogP contribution >= 0.6 is 11.5 Å². The average Bonchev–Trinajstić information content (AvgIpc) is 3.23. The van der Waals surface area contributed by atoms with Crippen molar-refractivity contribution in [1.82, 2.24) is 13.9 Å². The molecule has 6 nitrogen and oxygen atoms in total. The van der Waals surface area contributed by atoms with Gasteiger partial charge in [-0.1, -0.05) is 30.3 Å². The molecule has 0 amide bonds. The lowest BCUT2D eigenvalue weighted by molar-refractivity contribution is 0.601. The molecular formula is C18H16N4O2S2. The summed E-state index contributed by atoms with van der Waals surface area (Å²) in [6.07, 6.45) is 3.35. The summed E-state index contributed by atoms with van der Waals surface area (Å²) in [7, 11) is -1.80. The minimum Gasteiger partial charge on any atom is -0.350 e. The quantitative estimate of drug-likeness (QED) is 0.580. The van der Waals surface area contributed by atoms with Gasteiger partial charge in [0, 0.05) is 41.2 Å². The number of nitrogens with one attached hydrogen (secondary N) is 1. The Balaban J connectivity index is 1.82. The molecule has 0 aliphatic carbocycles. The standard InChI is InChI=1S/C18H16N4O2S2/c1-12-5-3-4-6-14(12)16-10-22(2)17-9-13(7-8-15(16)17)26(23,24)21-18-19-11-20-25-18/h3-11H,1-2H3,(H,19,20,21). The number of anilines is 1. The van der Waals surface area contributed by atoms with Crippen LogP contribution in [0.1, 0.15) is 5.56 Å². The number of hydrogen-bond acceptors (Lipinski definition) is 5. The first-order valence-corrected chi connectivity index (χ1v) is 10.2. The van der Waals surface area contributed by atoms with Crippen molar-refractivity contribution in [3.05, 3.63) is 60.6 Å². The van der Waals surface area contributed by atoms with E-state index in [4.69, 9.17) is 0 Å². The van der Waals surface area contributed by atoms with Crippen molar-refractivity contribution in [3.63, 3.8) is 0 Å². The summed E-state index contributed by atoms with van der Waals surface area (Å²) in [6.45, 7) is 2.07. The monoisotopic (exact) mass is 384 g/mol. The Morgan fingerprint density at radius 1 is 1.12 bits per heavy atom. The lowest BCUT2D eigenvalue weighted by Crippen LogP contribution is -2.12. The molecule has 0 fully saturated rings. The Labute approximate surface area is 155 Å². The van der Waals surface area contributed by atoms with Crippen LogP contribution in [0.15, 0.2) is 59.9 Å². The van der Waals surface area contributed by atoms with Gasteiger partial charge in [-0.25, -0.2) is 13.4 Å².